The number of fused-ring (bicyclic) bond motifs is 8. The highest BCUT2D eigenvalue weighted by atomic mass is 79.9. The van der Waals surface area contributed by atoms with Crippen LogP contribution in [0.1, 0.15) is 154 Å². The molecule has 0 bridgehead atoms. The van der Waals surface area contributed by atoms with Gasteiger partial charge in [-0.2, -0.15) is 13.2 Å². The van der Waals surface area contributed by atoms with E-state index in [0.29, 0.717) is 68.7 Å². The van der Waals surface area contributed by atoms with E-state index >= 15 is 0 Å². The van der Waals surface area contributed by atoms with Crippen molar-refractivity contribution in [3.8, 4) is 33.8 Å². The fourth-order valence-corrected chi connectivity index (χ4v) is 14.1. The minimum absolute atomic E-state index is 0.194. The van der Waals surface area contributed by atoms with Crippen molar-refractivity contribution in [2.45, 2.75) is 122 Å². The molecule has 7 aromatic carbocycles. The molecule has 1 aliphatic heterocycles. The molecule has 0 spiro atoms. The van der Waals surface area contributed by atoms with Gasteiger partial charge in [0.2, 0.25) is 0 Å². The van der Waals surface area contributed by atoms with Crippen LogP contribution in [-0.4, -0.2) is 12.5 Å². The highest BCUT2D eigenvalue weighted by Gasteiger charge is 2.46. The van der Waals surface area contributed by atoms with Crippen molar-refractivity contribution >= 4 is 44.4 Å². The van der Waals surface area contributed by atoms with Gasteiger partial charge in [-0.1, -0.05) is 162 Å². The monoisotopic (exact) mass is 1130 g/mol. The van der Waals surface area contributed by atoms with E-state index in [1.54, 1.807) is 18.2 Å². The molecular formula is C70H68BrF4NO3. The maximum Gasteiger partial charge on any atom is 0.416 e. The van der Waals surface area contributed by atoms with Gasteiger partial charge in [-0.05, 0) is 179 Å². The Morgan fingerprint density at radius 1 is 0.759 bits per heavy atom. The first-order valence-electron chi connectivity index (χ1n) is 28.4. The van der Waals surface area contributed by atoms with Crippen LogP contribution in [0.15, 0.2) is 162 Å². The number of carbonyl (C=O) groups is 1. The van der Waals surface area contributed by atoms with Gasteiger partial charge in [-0.3, -0.25) is 4.79 Å². The smallest absolute Gasteiger partial charge is 0.416 e. The van der Waals surface area contributed by atoms with Crippen LogP contribution in [-0.2, 0) is 17.2 Å². The first kappa shape index (κ1) is 54.3. The van der Waals surface area contributed by atoms with Crippen molar-refractivity contribution < 1.29 is 31.8 Å². The van der Waals surface area contributed by atoms with E-state index in [9.17, 15) is 22.4 Å². The van der Waals surface area contributed by atoms with E-state index in [2.05, 4.69) is 98.4 Å². The van der Waals surface area contributed by atoms with Gasteiger partial charge in [-0.15, -0.1) is 0 Å². The second-order valence-electron chi connectivity index (χ2n) is 22.9. The van der Waals surface area contributed by atoms with E-state index in [1.807, 2.05) is 72.8 Å². The average Bonchev–Trinajstić information content (AvgIpc) is 2.76. The van der Waals surface area contributed by atoms with Crippen LogP contribution in [0.25, 0.3) is 39.1 Å². The third kappa shape index (κ3) is 10.5. The van der Waals surface area contributed by atoms with Gasteiger partial charge in [0.15, 0.2) is 5.60 Å². The molecule has 11 rings (SSSR count). The second-order valence-corrected chi connectivity index (χ2v) is 23.8. The number of anilines is 1. The predicted octanol–water partition coefficient (Wildman–Crippen LogP) is 20.1. The molecule has 0 radical (unpaired) electrons. The van der Waals surface area contributed by atoms with Crippen molar-refractivity contribution in [1.82, 2.24) is 0 Å². The molecule has 3 aliphatic carbocycles. The fourth-order valence-electron chi connectivity index (χ4n) is 13.1. The largest absolute Gasteiger partial charge is 0.494 e. The van der Waals surface area contributed by atoms with E-state index in [0.717, 1.165) is 62.7 Å². The lowest BCUT2D eigenvalue weighted by Gasteiger charge is -2.38. The number of hydrogen-bond acceptors (Lipinski definition) is 3. The van der Waals surface area contributed by atoms with Crippen LogP contribution >= 0.6 is 15.9 Å². The molecule has 3 atom stereocenters. The Kier molecular flexibility index (Phi) is 15.2. The molecule has 79 heavy (non-hydrogen) atoms. The van der Waals surface area contributed by atoms with Gasteiger partial charge >= 0.3 is 6.18 Å². The molecule has 1 saturated carbocycles. The second kappa shape index (κ2) is 22.1. The number of ether oxygens (including phenoxy) is 2. The van der Waals surface area contributed by atoms with E-state index in [-0.39, 0.29) is 11.8 Å². The average molecular weight is 1130 g/mol. The minimum atomic E-state index is -4.63. The summed E-state index contributed by atoms with van der Waals surface area (Å²) in [5.74, 6) is 2.56. The number of alkyl halides is 3. The molecule has 1 heterocycles. The Labute approximate surface area is 471 Å². The molecule has 4 nitrogen and oxygen atoms in total. The van der Waals surface area contributed by atoms with Crippen molar-refractivity contribution in [2.24, 2.45) is 17.8 Å². The number of hydrogen-bond donors (Lipinski definition) is 1. The number of halogens is 5. The fraction of sp³-hybridized carbons (Fsp3) is 0.329. The van der Waals surface area contributed by atoms with Crippen LogP contribution in [0.5, 0.6) is 11.5 Å². The Morgan fingerprint density at radius 3 is 2.13 bits per heavy atom. The minimum Gasteiger partial charge on any atom is -0.494 e. The van der Waals surface area contributed by atoms with Crippen LogP contribution in [0.3, 0.4) is 0 Å². The third-order valence-electron chi connectivity index (χ3n) is 17.4. The van der Waals surface area contributed by atoms with Crippen molar-refractivity contribution in [3.05, 3.63) is 212 Å². The summed E-state index contributed by atoms with van der Waals surface area (Å²) < 4.78 is 73.0. The Bertz CT molecular complexity index is 3500. The van der Waals surface area contributed by atoms with Gasteiger partial charge in [0.25, 0.3) is 5.91 Å². The summed E-state index contributed by atoms with van der Waals surface area (Å²) >= 11 is 3.97. The molecule has 406 valence electrons. The number of carbonyl (C=O) groups excluding carboxylic acids is 1. The normalized spacial score (nSPS) is 21.0. The maximum absolute atomic E-state index is 14.8. The molecule has 0 saturated heterocycles. The number of amides is 1. The summed E-state index contributed by atoms with van der Waals surface area (Å²) in [4.78, 5) is 13.7. The first-order chi connectivity index (χ1) is 38.1. The zero-order valence-electron chi connectivity index (χ0n) is 45.7. The van der Waals surface area contributed by atoms with E-state index in [4.69, 9.17) is 9.47 Å². The first-order valence-corrected chi connectivity index (χ1v) is 29.2. The molecule has 7 aromatic rings. The lowest BCUT2D eigenvalue weighted by Crippen LogP contribution is -2.35. The summed E-state index contributed by atoms with van der Waals surface area (Å²) in [5.41, 5.74) is 8.58. The summed E-state index contributed by atoms with van der Waals surface area (Å²) in [6.45, 7) is 11.5. The highest BCUT2D eigenvalue weighted by Crippen LogP contribution is 2.60. The highest BCUT2D eigenvalue weighted by molar-refractivity contribution is 9.10. The summed E-state index contributed by atoms with van der Waals surface area (Å²) in [6, 6.07) is 37.4. The van der Waals surface area contributed by atoms with Gasteiger partial charge in [0, 0.05) is 49.1 Å². The summed E-state index contributed by atoms with van der Waals surface area (Å²) in [5, 5.41) is 4.02. The Balaban J connectivity index is 0.864. The molecule has 9 heteroatoms. The van der Waals surface area contributed by atoms with Gasteiger partial charge < -0.3 is 14.8 Å². The molecular weight excluding hydrogens is 1060 g/mol. The molecule has 4 aliphatic rings. The van der Waals surface area contributed by atoms with E-state index in [1.165, 1.54) is 80.7 Å². The van der Waals surface area contributed by atoms with Gasteiger partial charge in [0.05, 0.1) is 12.2 Å². The van der Waals surface area contributed by atoms with Crippen LogP contribution in [0.4, 0.5) is 23.2 Å². The SMILES string of the molecule is CCCCCC1CCC(C2=CC(C)C(c3ccc(C(=O)Nc4ccc(-c5cc(Br)c6c(c5)-c5c(c7c(c8cc(C(F)(F)F)ccc58)OC(c5ccc(F)cc5)(c5ccc(OCCCC)cc5)C=C7)C6(C)C)cc4)cc3)C=C2)CC1. The van der Waals surface area contributed by atoms with Gasteiger partial charge in [-0.25, -0.2) is 4.39 Å². The van der Waals surface area contributed by atoms with Crippen molar-refractivity contribution in [1.29, 1.82) is 0 Å². The maximum atomic E-state index is 14.8. The Hall–Kier alpha value is -6.71. The van der Waals surface area contributed by atoms with Crippen LogP contribution < -0.4 is 14.8 Å². The van der Waals surface area contributed by atoms with Crippen LogP contribution in [0, 0.1) is 23.6 Å². The standard InChI is InChI=1S/C70H68BrF4NO3/c1-6-8-10-11-44-12-14-45(15-13-44)49-22-34-57(43(3)39-49)47-16-18-48(19-17-47)67(77)76-55-30-20-46(21-31-55)50-40-61-63-58-35-27-53(70(73,74)75)42-60(58)66-59(65(63)68(4,5)64(61)62(71)41-50)36-37-69(79-66,51-23-28-54(72)29-24-51)52-25-32-56(33-26-52)78-38-9-7-2/h16-37,39-45,57H,6-15,38H2,1-5H3,(H,76,77). The Morgan fingerprint density at radius 2 is 1.46 bits per heavy atom. The lowest BCUT2D eigenvalue weighted by atomic mass is 9.73. The number of rotatable bonds is 15. The zero-order valence-corrected chi connectivity index (χ0v) is 47.3. The topological polar surface area (TPSA) is 47.6 Å². The van der Waals surface area contributed by atoms with E-state index < -0.39 is 28.6 Å². The van der Waals surface area contributed by atoms with Crippen molar-refractivity contribution in [2.75, 3.05) is 11.9 Å². The zero-order chi connectivity index (χ0) is 55.2. The van der Waals surface area contributed by atoms with Gasteiger partial charge in [0.1, 0.15) is 17.3 Å². The lowest BCUT2D eigenvalue weighted by molar-refractivity contribution is -0.137. The molecule has 1 amide bonds. The summed E-state index contributed by atoms with van der Waals surface area (Å²) in [6.07, 6.45) is 19.1. The van der Waals surface area contributed by atoms with Crippen molar-refractivity contribution in [3.63, 3.8) is 0 Å². The number of allylic oxidation sites excluding steroid dienone is 4. The molecule has 3 unspecified atom stereocenters. The molecule has 1 fully saturated rings. The summed E-state index contributed by atoms with van der Waals surface area (Å²) in [7, 11) is 0. The number of nitrogens with one attached hydrogen (secondary N) is 1. The number of unbranched alkanes of at least 4 members (excludes halogenated alkanes) is 3. The molecule has 1 N–H and O–H groups in total. The molecule has 0 aromatic heterocycles. The third-order valence-corrected chi connectivity index (χ3v) is 18.0. The quantitative estimate of drug-likeness (QED) is 0.0822. The predicted molar refractivity (Wildman–Crippen MR) is 316 cm³/mol. The number of benzene rings is 7. The van der Waals surface area contributed by atoms with Crippen LogP contribution in [0.2, 0.25) is 0 Å².